The van der Waals surface area contributed by atoms with Crippen LogP contribution in [0.4, 0.5) is 5.69 Å². The maximum atomic E-state index is 13.9. The lowest BCUT2D eigenvalue weighted by Gasteiger charge is -2.35. The van der Waals surface area contributed by atoms with Crippen LogP contribution >= 0.6 is 0 Å². The number of benzene rings is 3. The highest BCUT2D eigenvalue weighted by molar-refractivity contribution is 5.99. The molecule has 0 unspecified atom stereocenters. The summed E-state index contributed by atoms with van der Waals surface area (Å²) >= 11 is 0. The zero-order valence-electron chi connectivity index (χ0n) is 18.6. The number of anilines is 1. The van der Waals surface area contributed by atoms with Crippen molar-refractivity contribution in [2.24, 2.45) is 0 Å². The average Bonchev–Trinajstić information content (AvgIpc) is 2.77. The van der Waals surface area contributed by atoms with Gasteiger partial charge in [0.15, 0.2) is 0 Å². The van der Waals surface area contributed by atoms with Crippen molar-refractivity contribution in [2.45, 2.75) is 33.3 Å². The molecule has 0 fully saturated rings. The molecule has 0 spiro atoms. The molecule has 164 valence electrons. The quantitative estimate of drug-likeness (QED) is 0.486. The van der Waals surface area contributed by atoms with E-state index in [1.165, 1.54) is 13.8 Å². The van der Waals surface area contributed by atoms with E-state index in [1.54, 1.807) is 48.5 Å². The average molecular weight is 431 g/mol. The van der Waals surface area contributed by atoms with E-state index in [-0.39, 0.29) is 0 Å². The van der Waals surface area contributed by atoms with Gasteiger partial charge >= 0.3 is 5.97 Å². The Bertz CT molecular complexity index is 1060. The molecule has 3 aromatic rings. The number of esters is 1. The SMILES string of the molecule is CC(=O)OC(C(=O)NN(C(C)=O)c1ccccc1)(c1ccc(C)cc1)c1ccc(C)cc1. The second-order valence-electron chi connectivity index (χ2n) is 7.64. The van der Waals surface area contributed by atoms with Gasteiger partial charge in [-0.1, -0.05) is 77.9 Å². The van der Waals surface area contributed by atoms with Gasteiger partial charge in [0.05, 0.1) is 5.69 Å². The van der Waals surface area contributed by atoms with Crippen LogP contribution in [0.25, 0.3) is 0 Å². The first-order valence-corrected chi connectivity index (χ1v) is 10.2. The van der Waals surface area contributed by atoms with Gasteiger partial charge in [0, 0.05) is 25.0 Å². The number of carbonyl (C=O) groups is 3. The predicted molar refractivity (Wildman–Crippen MR) is 123 cm³/mol. The maximum Gasteiger partial charge on any atom is 0.304 e. The molecule has 1 N–H and O–H groups in total. The Kier molecular flexibility index (Phi) is 6.73. The third-order valence-corrected chi connectivity index (χ3v) is 5.08. The van der Waals surface area contributed by atoms with Gasteiger partial charge in [0.2, 0.25) is 11.5 Å². The van der Waals surface area contributed by atoms with Crippen molar-refractivity contribution in [2.75, 3.05) is 5.01 Å². The molecule has 6 nitrogen and oxygen atoms in total. The van der Waals surface area contributed by atoms with E-state index in [2.05, 4.69) is 5.43 Å². The number of amides is 2. The smallest absolute Gasteiger partial charge is 0.304 e. The summed E-state index contributed by atoms with van der Waals surface area (Å²) in [5, 5.41) is 1.14. The molecule has 3 rings (SSSR count). The molecule has 3 aromatic carbocycles. The summed E-state index contributed by atoms with van der Waals surface area (Å²) in [6.07, 6.45) is 0. The lowest BCUT2D eigenvalue weighted by atomic mass is 9.84. The lowest BCUT2D eigenvalue weighted by Crippen LogP contribution is -2.55. The van der Waals surface area contributed by atoms with Crippen LogP contribution in [0.2, 0.25) is 0 Å². The summed E-state index contributed by atoms with van der Waals surface area (Å²) in [5.74, 6) is -1.69. The molecule has 0 aliphatic heterocycles. The summed E-state index contributed by atoms with van der Waals surface area (Å²) < 4.78 is 5.78. The topological polar surface area (TPSA) is 75.7 Å². The van der Waals surface area contributed by atoms with Gasteiger partial charge in [0.25, 0.3) is 5.91 Å². The van der Waals surface area contributed by atoms with Gasteiger partial charge < -0.3 is 4.74 Å². The van der Waals surface area contributed by atoms with Gasteiger partial charge in [0.1, 0.15) is 0 Å². The number of hydrazine groups is 1. The molecule has 0 atom stereocenters. The predicted octanol–water partition coefficient (Wildman–Crippen LogP) is 4.19. The van der Waals surface area contributed by atoms with Crippen molar-refractivity contribution >= 4 is 23.5 Å². The van der Waals surface area contributed by atoms with Crippen molar-refractivity contribution in [3.8, 4) is 0 Å². The normalized spacial score (nSPS) is 10.9. The molecule has 2 amide bonds. The molecule has 0 aromatic heterocycles. The fourth-order valence-electron chi connectivity index (χ4n) is 3.47. The molecule has 0 heterocycles. The van der Waals surface area contributed by atoms with Gasteiger partial charge in [-0.05, 0) is 26.0 Å². The monoisotopic (exact) mass is 430 g/mol. The molecule has 0 saturated heterocycles. The number of para-hydroxylation sites is 1. The summed E-state index contributed by atoms with van der Waals surface area (Å²) in [6.45, 7) is 6.45. The van der Waals surface area contributed by atoms with Gasteiger partial charge in [-0.15, -0.1) is 0 Å². The number of hydrogen-bond donors (Lipinski definition) is 1. The number of rotatable bonds is 5. The Hall–Kier alpha value is -3.93. The van der Waals surface area contributed by atoms with Crippen LogP contribution in [-0.4, -0.2) is 17.8 Å². The molecular formula is C26H26N2O4. The minimum atomic E-state index is -1.80. The summed E-state index contributed by atoms with van der Waals surface area (Å²) in [7, 11) is 0. The first-order valence-electron chi connectivity index (χ1n) is 10.2. The second kappa shape index (κ2) is 9.47. The van der Waals surface area contributed by atoms with Crippen molar-refractivity contribution in [3.05, 3.63) is 101 Å². The zero-order valence-corrected chi connectivity index (χ0v) is 18.6. The fraction of sp³-hybridized carbons (Fsp3) is 0.192. The Morgan fingerprint density at radius 1 is 0.750 bits per heavy atom. The third kappa shape index (κ3) is 4.70. The minimum absolute atomic E-state index is 0.394. The number of hydrogen-bond acceptors (Lipinski definition) is 4. The Morgan fingerprint density at radius 3 is 1.62 bits per heavy atom. The van der Waals surface area contributed by atoms with Crippen LogP contribution < -0.4 is 10.4 Å². The van der Waals surface area contributed by atoms with Crippen LogP contribution in [0.5, 0.6) is 0 Å². The first kappa shape index (κ1) is 22.7. The molecule has 0 bridgehead atoms. The Balaban J connectivity index is 2.18. The zero-order chi connectivity index (χ0) is 23.3. The van der Waals surface area contributed by atoms with E-state index in [9.17, 15) is 14.4 Å². The number of nitrogens with zero attached hydrogens (tertiary/aromatic N) is 1. The Labute approximate surface area is 187 Å². The molecule has 0 aliphatic rings. The van der Waals surface area contributed by atoms with Crippen molar-refractivity contribution in [1.82, 2.24) is 5.43 Å². The fourth-order valence-corrected chi connectivity index (χ4v) is 3.47. The molecule has 0 saturated carbocycles. The largest absolute Gasteiger partial charge is 0.439 e. The van der Waals surface area contributed by atoms with Crippen LogP contribution in [0.3, 0.4) is 0 Å². The second-order valence-corrected chi connectivity index (χ2v) is 7.64. The molecule has 32 heavy (non-hydrogen) atoms. The highest BCUT2D eigenvalue weighted by Gasteiger charge is 2.47. The molecular weight excluding hydrogens is 404 g/mol. The highest BCUT2D eigenvalue weighted by Crippen LogP contribution is 2.35. The number of aryl methyl sites for hydroxylation is 2. The van der Waals surface area contributed by atoms with E-state index in [0.29, 0.717) is 16.8 Å². The van der Waals surface area contributed by atoms with Gasteiger partial charge in [-0.2, -0.15) is 0 Å². The first-order chi connectivity index (χ1) is 15.2. The third-order valence-electron chi connectivity index (χ3n) is 5.08. The van der Waals surface area contributed by atoms with E-state index in [0.717, 1.165) is 16.1 Å². The summed E-state index contributed by atoms with van der Waals surface area (Å²) in [5.41, 5.74) is 4.28. The number of nitrogens with one attached hydrogen (secondary N) is 1. The van der Waals surface area contributed by atoms with Crippen molar-refractivity contribution in [1.29, 1.82) is 0 Å². The van der Waals surface area contributed by atoms with E-state index in [4.69, 9.17) is 4.74 Å². The molecule has 6 heteroatoms. The Morgan fingerprint density at radius 2 is 1.22 bits per heavy atom. The van der Waals surface area contributed by atoms with Crippen LogP contribution in [0.1, 0.15) is 36.1 Å². The minimum Gasteiger partial charge on any atom is -0.439 e. The van der Waals surface area contributed by atoms with Crippen LogP contribution in [0.15, 0.2) is 78.9 Å². The highest BCUT2D eigenvalue weighted by atomic mass is 16.6. The standard InChI is InChI=1S/C26H26N2O4/c1-18-10-14-22(15-11-18)26(32-21(4)30,23-16-12-19(2)13-17-23)25(31)27-28(20(3)29)24-8-6-5-7-9-24/h5-17H,1-4H3,(H,27,31). The van der Waals surface area contributed by atoms with Crippen molar-refractivity contribution in [3.63, 3.8) is 0 Å². The molecule has 0 aliphatic carbocycles. The van der Waals surface area contributed by atoms with Crippen LogP contribution in [0, 0.1) is 13.8 Å². The number of carbonyl (C=O) groups excluding carboxylic acids is 3. The van der Waals surface area contributed by atoms with E-state index >= 15 is 0 Å². The van der Waals surface area contributed by atoms with E-state index in [1.807, 2.05) is 44.2 Å². The summed E-state index contributed by atoms with van der Waals surface area (Å²) in [6, 6.07) is 23.1. The van der Waals surface area contributed by atoms with Crippen molar-refractivity contribution < 1.29 is 19.1 Å². The number of ether oxygens (including phenoxy) is 1. The maximum absolute atomic E-state index is 13.9. The van der Waals surface area contributed by atoms with E-state index < -0.39 is 23.4 Å². The molecule has 0 radical (unpaired) electrons. The lowest BCUT2D eigenvalue weighted by molar-refractivity contribution is -0.163. The van der Waals surface area contributed by atoms with Crippen LogP contribution in [-0.2, 0) is 24.7 Å². The van der Waals surface area contributed by atoms with Gasteiger partial charge in [-0.3, -0.25) is 19.8 Å². The van der Waals surface area contributed by atoms with Gasteiger partial charge in [-0.25, -0.2) is 5.01 Å². The summed E-state index contributed by atoms with van der Waals surface area (Å²) in [4.78, 5) is 38.5.